The maximum absolute atomic E-state index is 12.6. The SMILES string of the molecule is N#CC1C(O)=C(C=NCCN2CCN(CCO)CC2)C(=O)CC1c1ccccc1. The molecule has 29 heavy (non-hydrogen) atoms. The molecular formula is C22H28N4O3. The van der Waals surface area contributed by atoms with E-state index in [4.69, 9.17) is 5.11 Å². The van der Waals surface area contributed by atoms with E-state index in [-0.39, 0.29) is 36.1 Å². The summed E-state index contributed by atoms with van der Waals surface area (Å²) in [6.45, 7) is 5.93. The van der Waals surface area contributed by atoms with Crippen molar-refractivity contribution in [3.8, 4) is 6.07 Å². The molecule has 7 heteroatoms. The number of nitriles is 1. The molecule has 0 spiro atoms. The Bertz CT molecular complexity index is 792. The average Bonchev–Trinajstić information content (AvgIpc) is 2.74. The maximum atomic E-state index is 12.6. The second-order valence-corrected chi connectivity index (χ2v) is 7.49. The van der Waals surface area contributed by atoms with Gasteiger partial charge in [0.25, 0.3) is 0 Å². The zero-order valence-corrected chi connectivity index (χ0v) is 16.6. The minimum absolute atomic E-state index is 0.163. The molecule has 154 valence electrons. The van der Waals surface area contributed by atoms with Gasteiger partial charge in [-0.25, -0.2) is 0 Å². The minimum atomic E-state index is -0.740. The summed E-state index contributed by atoms with van der Waals surface area (Å²) >= 11 is 0. The van der Waals surface area contributed by atoms with Crippen molar-refractivity contribution in [2.75, 3.05) is 52.4 Å². The summed E-state index contributed by atoms with van der Waals surface area (Å²) in [5, 5.41) is 29.1. The van der Waals surface area contributed by atoms with Crippen LogP contribution in [0, 0.1) is 17.2 Å². The quantitative estimate of drug-likeness (QED) is 0.676. The molecule has 1 aromatic carbocycles. The van der Waals surface area contributed by atoms with Crippen LogP contribution >= 0.6 is 0 Å². The number of aliphatic imine (C=N–C) groups is 1. The highest BCUT2D eigenvalue weighted by Crippen LogP contribution is 2.37. The van der Waals surface area contributed by atoms with Gasteiger partial charge in [0, 0.05) is 57.8 Å². The van der Waals surface area contributed by atoms with Crippen molar-refractivity contribution in [1.29, 1.82) is 5.26 Å². The third-order valence-corrected chi connectivity index (χ3v) is 5.69. The fraction of sp³-hybridized carbons (Fsp3) is 0.500. The summed E-state index contributed by atoms with van der Waals surface area (Å²) in [5.41, 5.74) is 1.05. The van der Waals surface area contributed by atoms with Crippen LogP contribution in [0.25, 0.3) is 0 Å². The van der Waals surface area contributed by atoms with Gasteiger partial charge in [-0.2, -0.15) is 5.26 Å². The van der Waals surface area contributed by atoms with Crippen molar-refractivity contribution in [3.05, 3.63) is 47.2 Å². The van der Waals surface area contributed by atoms with E-state index in [9.17, 15) is 15.2 Å². The van der Waals surface area contributed by atoms with Crippen LogP contribution in [0.1, 0.15) is 17.9 Å². The van der Waals surface area contributed by atoms with Gasteiger partial charge in [0.05, 0.1) is 24.8 Å². The fourth-order valence-corrected chi connectivity index (χ4v) is 3.96. The number of β-amino-alcohol motifs (C(OH)–C–C–N with tert-alkyl or cyclic N) is 1. The number of Topliss-reactive ketones (excluding diaryl/α,β-unsaturated/α-hetero) is 1. The Morgan fingerprint density at radius 2 is 1.79 bits per heavy atom. The Hall–Kier alpha value is -2.53. The molecule has 2 atom stereocenters. The van der Waals surface area contributed by atoms with Crippen LogP contribution < -0.4 is 0 Å². The Kier molecular flexibility index (Phi) is 7.53. The molecule has 2 N–H and O–H groups in total. The van der Waals surface area contributed by atoms with Gasteiger partial charge in [0.15, 0.2) is 5.78 Å². The lowest BCUT2D eigenvalue weighted by Gasteiger charge is -2.33. The van der Waals surface area contributed by atoms with Gasteiger partial charge in [-0.1, -0.05) is 30.3 Å². The summed E-state index contributed by atoms with van der Waals surface area (Å²) < 4.78 is 0. The van der Waals surface area contributed by atoms with Gasteiger partial charge < -0.3 is 10.2 Å². The number of rotatable bonds is 7. The number of piperazine rings is 1. The van der Waals surface area contributed by atoms with Crippen molar-refractivity contribution < 1.29 is 15.0 Å². The molecule has 3 rings (SSSR count). The average molecular weight is 396 g/mol. The smallest absolute Gasteiger partial charge is 0.168 e. The van der Waals surface area contributed by atoms with E-state index >= 15 is 0 Å². The summed E-state index contributed by atoms with van der Waals surface area (Å²) in [6, 6.07) is 11.6. The molecule has 1 aliphatic heterocycles. The van der Waals surface area contributed by atoms with Crippen LogP contribution in [0.4, 0.5) is 0 Å². The molecule has 0 aromatic heterocycles. The number of hydrogen-bond acceptors (Lipinski definition) is 7. The number of carbonyl (C=O) groups excluding carboxylic acids is 1. The Balaban J connectivity index is 1.58. The van der Waals surface area contributed by atoms with Crippen molar-refractivity contribution in [2.45, 2.75) is 12.3 Å². The molecular weight excluding hydrogens is 368 g/mol. The summed E-state index contributed by atoms with van der Waals surface area (Å²) in [4.78, 5) is 21.5. The predicted molar refractivity (Wildman–Crippen MR) is 111 cm³/mol. The number of benzene rings is 1. The van der Waals surface area contributed by atoms with Crippen LogP contribution in [-0.4, -0.2) is 84.4 Å². The highest BCUT2D eigenvalue weighted by atomic mass is 16.3. The first kappa shape index (κ1) is 21.2. The van der Waals surface area contributed by atoms with E-state index in [1.165, 1.54) is 6.21 Å². The first-order chi connectivity index (χ1) is 14.1. The topological polar surface area (TPSA) is 100 Å². The zero-order valence-electron chi connectivity index (χ0n) is 16.6. The Morgan fingerprint density at radius 1 is 1.14 bits per heavy atom. The summed E-state index contributed by atoms with van der Waals surface area (Å²) in [6.07, 6.45) is 1.63. The van der Waals surface area contributed by atoms with Gasteiger partial charge in [-0.15, -0.1) is 0 Å². The van der Waals surface area contributed by atoms with Gasteiger partial charge in [0.2, 0.25) is 0 Å². The largest absolute Gasteiger partial charge is 0.510 e. The first-order valence-electron chi connectivity index (χ1n) is 10.1. The Labute approximate surface area is 171 Å². The molecule has 1 heterocycles. The summed E-state index contributed by atoms with van der Waals surface area (Å²) in [5.74, 6) is -1.42. The van der Waals surface area contributed by atoms with Crippen molar-refractivity contribution in [1.82, 2.24) is 9.80 Å². The number of ketones is 1. The second kappa shape index (κ2) is 10.3. The van der Waals surface area contributed by atoms with Crippen LogP contribution in [0.2, 0.25) is 0 Å². The minimum Gasteiger partial charge on any atom is -0.510 e. The summed E-state index contributed by atoms with van der Waals surface area (Å²) in [7, 11) is 0. The van der Waals surface area contributed by atoms with Crippen molar-refractivity contribution in [3.63, 3.8) is 0 Å². The standard InChI is InChI=1S/C22H28N4O3/c23-15-19-18(17-4-2-1-3-5-17)14-21(28)20(22(19)29)16-24-6-7-25-8-10-26(11-9-25)12-13-27/h1-5,16,18-19,27,29H,6-14H2. The van der Waals surface area contributed by atoms with Crippen molar-refractivity contribution in [2.24, 2.45) is 10.9 Å². The molecule has 1 aliphatic carbocycles. The highest BCUT2D eigenvalue weighted by Gasteiger charge is 2.36. The van der Waals surface area contributed by atoms with Gasteiger partial charge in [0.1, 0.15) is 11.7 Å². The maximum Gasteiger partial charge on any atom is 0.168 e. The van der Waals surface area contributed by atoms with Crippen LogP contribution in [0.5, 0.6) is 0 Å². The van der Waals surface area contributed by atoms with E-state index < -0.39 is 5.92 Å². The molecule has 1 aromatic rings. The zero-order chi connectivity index (χ0) is 20.6. The molecule has 0 amide bonds. The van der Waals surface area contributed by atoms with E-state index in [1.807, 2.05) is 30.3 Å². The number of hydrogen-bond donors (Lipinski definition) is 2. The lowest BCUT2D eigenvalue weighted by molar-refractivity contribution is -0.116. The third-order valence-electron chi connectivity index (χ3n) is 5.69. The number of aliphatic hydroxyl groups excluding tert-OH is 2. The molecule has 0 bridgehead atoms. The molecule has 1 fully saturated rings. The molecule has 2 unspecified atom stereocenters. The molecule has 1 saturated heterocycles. The van der Waals surface area contributed by atoms with E-state index in [0.717, 1.165) is 38.3 Å². The van der Waals surface area contributed by atoms with Crippen LogP contribution in [0.3, 0.4) is 0 Å². The highest BCUT2D eigenvalue weighted by molar-refractivity contribution is 6.14. The third kappa shape index (κ3) is 5.30. The molecule has 0 radical (unpaired) electrons. The van der Waals surface area contributed by atoms with Gasteiger partial charge >= 0.3 is 0 Å². The molecule has 7 nitrogen and oxygen atoms in total. The lowest BCUT2D eigenvalue weighted by atomic mass is 9.76. The predicted octanol–water partition coefficient (Wildman–Crippen LogP) is 1.38. The number of nitrogens with zero attached hydrogens (tertiary/aromatic N) is 4. The van der Waals surface area contributed by atoms with E-state index in [0.29, 0.717) is 13.1 Å². The van der Waals surface area contributed by atoms with Gasteiger partial charge in [-0.3, -0.25) is 19.6 Å². The number of carbonyl (C=O) groups is 1. The number of aliphatic hydroxyl groups is 2. The molecule has 0 saturated carbocycles. The Morgan fingerprint density at radius 3 is 2.41 bits per heavy atom. The monoisotopic (exact) mass is 396 g/mol. The fourth-order valence-electron chi connectivity index (χ4n) is 3.96. The van der Waals surface area contributed by atoms with Gasteiger partial charge in [-0.05, 0) is 5.56 Å². The first-order valence-corrected chi connectivity index (χ1v) is 10.1. The number of allylic oxidation sites excluding steroid dienone is 2. The van der Waals surface area contributed by atoms with Crippen molar-refractivity contribution >= 4 is 12.0 Å². The van der Waals surface area contributed by atoms with E-state index in [1.54, 1.807) is 0 Å². The van der Waals surface area contributed by atoms with Crippen LogP contribution in [0.15, 0.2) is 46.7 Å². The normalized spacial score (nSPS) is 24.2. The lowest BCUT2D eigenvalue weighted by Crippen LogP contribution is -2.47. The van der Waals surface area contributed by atoms with E-state index in [2.05, 4.69) is 20.9 Å². The van der Waals surface area contributed by atoms with Crippen LogP contribution in [-0.2, 0) is 4.79 Å². The molecule has 2 aliphatic rings. The second-order valence-electron chi connectivity index (χ2n) is 7.49.